The third kappa shape index (κ3) is 4.64. The molecule has 1 atom stereocenters. The fourth-order valence-electron chi connectivity index (χ4n) is 1.92. The van der Waals surface area contributed by atoms with Crippen LogP contribution in [0.3, 0.4) is 0 Å². The van der Waals surface area contributed by atoms with Crippen molar-refractivity contribution < 1.29 is 9.53 Å². The largest absolute Gasteiger partial charge is 0.379 e. The average Bonchev–Trinajstić information content (AvgIpc) is 2.23. The molecule has 4 heteroatoms. The number of hydrogen-bond donors (Lipinski definition) is 2. The van der Waals surface area contributed by atoms with E-state index in [9.17, 15) is 4.79 Å². The molecule has 1 unspecified atom stereocenters. The van der Waals surface area contributed by atoms with Gasteiger partial charge in [0.25, 0.3) is 0 Å². The Morgan fingerprint density at radius 2 is 2.24 bits per heavy atom. The molecule has 1 aliphatic rings. The van der Waals surface area contributed by atoms with E-state index in [-0.39, 0.29) is 5.91 Å². The summed E-state index contributed by atoms with van der Waals surface area (Å²) in [5.74, 6) is 0.507. The van der Waals surface area contributed by atoms with E-state index in [4.69, 9.17) is 10.5 Å². The standard InChI is InChI=1S/C13H26N2O2/c1-3-8-15-13(2,12(14)16)10-17-9-7-11-5-4-6-11/h11,15H,3-10H2,1-2H3,(H2,14,16). The lowest BCUT2D eigenvalue weighted by Crippen LogP contribution is -2.56. The number of nitrogens with one attached hydrogen (secondary N) is 1. The van der Waals surface area contributed by atoms with Crippen LogP contribution in [0, 0.1) is 5.92 Å². The first kappa shape index (κ1) is 14.5. The number of primary amides is 1. The van der Waals surface area contributed by atoms with Crippen molar-refractivity contribution >= 4 is 5.91 Å². The smallest absolute Gasteiger partial charge is 0.239 e. The van der Waals surface area contributed by atoms with Crippen LogP contribution in [0.2, 0.25) is 0 Å². The van der Waals surface area contributed by atoms with Crippen molar-refractivity contribution in [1.29, 1.82) is 0 Å². The molecule has 1 aliphatic carbocycles. The lowest BCUT2D eigenvalue weighted by atomic mass is 9.83. The van der Waals surface area contributed by atoms with Crippen LogP contribution in [0.25, 0.3) is 0 Å². The normalized spacial score (nSPS) is 19.6. The monoisotopic (exact) mass is 242 g/mol. The highest BCUT2D eigenvalue weighted by Gasteiger charge is 2.30. The lowest BCUT2D eigenvalue weighted by Gasteiger charge is -2.29. The molecule has 0 radical (unpaired) electrons. The fourth-order valence-corrected chi connectivity index (χ4v) is 1.92. The second-order valence-corrected chi connectivity index (χ2v) is 5.26. The fraction of sp³-hybridized carbons (Fsp3) is 0.923. The molecule has 0 aromatic rings. The zero-order valence-corrected chi connectivity index (χ0v) is 11.1. The number of carbonyl (C=O) groups is 1. The number of ether oxygens (including phenoxy) is 1. The zero-order chi connectivity index (χ0) is 12.7. The highest BCUT2D eigenvalue weighted by Crippen LogP contribution is 2.29. The average molecular weight is 242 g/mol. The summed E-state index contributed by atoms with van der Waals surface area (Å²) in [6.45, 7) is 5.77. The van der Waals surface area contributed by atoms with Gasteiger partial charge in [-0.15, -0.1) is 0 Å². The summed E-state index contributed by atoms with van der Waals surface area (Å²) in [6.07, 6.45) is 6.13. The summed E-state index contributed by atoms with van der Waals surface area (Å²) < 4.78 is 5.60. The van der Waals surface area contributed by atoms with Crippen LogP contribution in [-0.2, 0) is 9.53 Å². The zero-order valence-electron chi connectivity index (χ0n) is 11.1. The van der Waals surface area contributed by atoms with Gasteiger partial charge in [-0.25, -0.2) is 0 Å². The van der Waals surface area contributed by atoms with Crippen LogP contribution >= 0.6 is 0 Å². The Balaban J connectivity index is 2.20. The van der Waals surface area contributed by atoms with Gasteiger partial charge in [0.2, 0.25) is 5.91 Å². The van der Waals surface area contributed by atoms with E-state index in [0.717, 1.165) is 31.9 Å². The van der Waals surface area contributed by atoms with E-state index in [1.807, 2.05) is 6.92 Å². The molecule has 0 spiro atoms. The molecule has 0 aromatic heterocycles. The minimum absolute atomic E-state index is 0.338. The van der Waals surface area contributed by atoms with Gasteiger partial charge in [0, 0.05) is 6.61 Å². The molecule has 1 saturated carbocycles. The molecule has 100 valence electrons. The Morgan fingerprint density at radius 3 is 2.71 bits per heavy atom. The minimum Gasteiger partial charge on any atom is -0.379 e. The minimum atomic E-state index is -0.727. The van der Waals surface area contributed by atoms with Gasteiger partial charge in [0.15, 0.2) is 0 Å². The van der Waals surface area contributed by atoms with E-state index >= 15 is 0 Å². The van der Waals surface area contributed by atoms with Crippen molar-refractivity contribution in [3.63, 3.8) is 0 Å². The van der Waals surface area contributed by atoms with Crippen LogP contribution in [0.5, 0.6) is 0 Å². The third-order valence-electron chi connectivity index (χ3n) is 3.59. The van der Waals surface area contributed by atoms with E-state index < -0.39 is 5.54 Å². The maximum Gasteiger partial charge on any atom is 0.239 e. The molecule has 0 aromatic carbocycles. The summed E-state index contributed by atoms with van der Waals surface area (Å²) >= 11 is 0. The van der Waals surface area contributed by atoms with E-state index in [1.165, 1.54) is 19.3 Å². The first-order valence-electron chi connectivity index (χ1n) is 6.71. The Hall–Kier alpha value is -0.610. The van der Waals surface area contributed by atoms with E-state index in [2.05, 4.69) is 12.2 Å². The molecule has 4 nitrogen and oxygen atoms in total. The van der Waals surface area contributed by atoms with Gasteiger partial charge in [-0.2, -0.15) is 0 Å². The van der Waals surface area contributed by atoms with E-state index in [1.54, 1.807) is 0 Å². The third-order valence-corrected chi connectivity index (χ3v) is 3.59. The topological polar surface area (TPSA) is 64.3 Å². The quantitative estimate of drug-likeness (QED) is 0.601. The second-order valence-electron chi connectivity index (χ2n) is 5.26. The highest BCUT2D eigenvalue weighted by atomic mass is 16.5. The number of carbonyl (C=O) groups excluding carboxylic acids is 1. The second kappa shape index (κ2) is 6.97. The number of rotatable bonds is 9. The SMILES string of the molecule is CCCNC(C)(COCCC1CCC1)C(N)=O. The Labute approximate surface area is 104 Å². The molecule has 0 saturated heterocycles. The van der Waals surface area contributed by atoms with Crippen molar-refractivity contribution in [3.05, 3.63) is 0 Å². The molecule has 1 amide bonds. The first-order chi connectivity index (χ1) is 8.08. The van der Waals surface area contributed by atoms with Gasteiger partial charge in [0.05, 0.1) is 6.61 Å². The van der Waals surface area contributed by atoms with Crippen molar-refractivity contribution in [2.75, 3.05) is 19.8 Å². The van der Waals surface area contributed by atoms with Gasteiger partial charge in [-0.05, 0) is 32.2 Å². The molecule has 1 fully saturated rings. The number of amides is 1. The van der Waals surface area contributed by atoms with Crippen LogP contribution < -0.4 is 11.1 Å². The molecule has 0 bridgehead atoms. The summed E-state index contributed by atoms with van der Waals surface area (Å²) in [5, 5.41) is 3.16. The maximum atomic E-state index is 11.4. The molecular formula is C13H26N2O2. The summed E-state index contributed by atoms with van der Waals surface area (Å²) in [6, 6.07) is 0. The first-order valence-corrected chi connectivity index (χ1v) is 6.71. The van der Waals surface area contributed by atoms with Crippen LogP contribution in [0.4, 0.5) is 0 Å². The summed E-state index contributed by atoms with van der Waals surface area (Å²) in [7, 11) is 0. The molecule has 0 heterocycles. The van der Waals surface area contributed by atoms with Crippen molar-refractivity contribution in [1.82, 2.24) is 5.32 Å². The molecular weight excluding hydrogens is 216 g/mol. The number of nitrogens with two attached hydrogens (primary N) is 1. The van der Waals surface area contributed by atoms with Crippen molar-refractivity contribution in [3.8, 4) is 0 Å². The Kier molecular flexibility index (Phi) is 5.92. The lowest BCUT2D eigenvalue weighted by molar-refractivity contribution is -0.126. The molecule has 0 aliphatic heterocycles. The highest BCUT2D eigenvalue weighted by molar-refractivity contribution is 5.84. The predicted octanol–water partition coefficient (Wildman–Crippen LogP) is 1.44. The van der Waals surface area contributed by atoms with Crippen LogP contribution in [0.1, 0.15) is 46.0 Å². The van der Waals surface area contributed by atoms with E-state index in [0.29, 0.717) is 6.61 Å². The van der Waals surface area contributed by atoms with Crippen LogP contribution in [-0.4, -0.2) is 31.2 Å². The van der Waals surface area contributed by atoms with Gasteiger partial charge in [0.1, 0.15) is 5.54 Å². The number of hydrogen-bond acceptors (Lipinski definition) is 3. The van der Waals surface area contributed by atoms with Gasteiger partial charge >= 0.3 is 0 Å². The summed E-state index contributed by atoms with van der Waals surface area (Å²) in [4.78, 5) is 11.4. The summed E-state index contributed by atoms with van der Waals surface area (Å²) in [5.41, 5.74) is 4.68. The molecule has 3 N–H and O–H groups in total. The Morgan fingerprint density at radius 1 is 1.53 bits per heavy atom. The van der Waals surface area contributed by atoms with Gasteiger partial charge < -0.3 is 15.8 Å². The molecule has 1 rings (SSSR count). The maximum absolute atomic E-state index is 11.4. The van der Waals surface area contributed by atoms with Crippen molar-refractivity contribution in [2.45, 2.75) is 51.5 Å². The van der Waals surface area contributed by atoms with Crippen LogP contribution in [0.15, 0.2) is 0 Å². The van der Waals surface area contributed by atoms with Gasteiger partial charge in [-0.1, -0.05) is 26.2 Å². The Bertz CT molecular complexity index is 242. The predicted molar refractivity (Wildman–Crippen MR) is 68.7 cm³/mol. The van der Waals surface area contributed by atoms with Crippen molar-refractivity contribution in [2.24, 2.45) is 11.7 Å². The van der Waals surface area contributed by atoms with Gasteiger partial charge in [-0.3, -0.25) is 4.79 Å². The molecule has 17 heavy (non-hydrogen) atoms.